The number of unbranched alkanes of at least 4 members (excludes halogenated alkanes) is 4. The summed E-state index contributed by atoms with van der Waals surface area (Å²) in [6, 6.07) is 3.03. The number of aromatic carboxylic acids is 1. The standard InChI is InChI=1S/C15H22N2O3/c1-2-3-4-5-6-9-16-14(18)12-17-10-7-8-13(11-17)15(19)20/h7-8,10-11H,2-6,9,12H2,1H3,(H-,16,18,19,20). The van der Waals surface area contributed by atoms with Gasteiger partial charge in [-0.05, 0) is 12.5 Å². The number of nitrogens with zero attached hydrogens (tertiary/aromatic N) is 1. The normalized spacial score (nSPS) is 10.2. The number of amides is 1. The Morgan fingerprint density at radius 1 is 1.25 bits per heavy atom. The number of carboxylic acids is 1. The second-order valence-corrected chi connectivity index (χ2v) is 4.82. The minimum Gasteiger partial charge on any atom is -0.545 e. The molecule has 0 atom stereocenters. The molecule has 0 saturated carbocycles. The van der Waals surface area contributed by atoms with Gasteiger partial charge in [-0.2, -0.15) is 4.57 Å². The zero-order chi connectivity index (χ0) is 14.8. The molecule has 0 fully saturated rings. The minimum atomic E-state index is -1.24. The summed E-state index contributed by atoms with van der Waals surface area (Å²) in [4.78, 5) is 22.4. The summed E-state index contributed by atoms with van der Waals surface area (Å²) in [5.41, 5.74) is 0.0693. The Morgan fingerprint density at radius 3 is 2.70 bits per heavy atom. The van der Waals surface area contributed by atoms with E-state index in [0.717, 1.165) is 12.8 Å². The number of pyridine rings is 1. The van der Waals surface area contributed by atoms with Crippen molar-refractivity contribution in [2.45, 2.75) is 45.6 Å². The number of hydrogen-bond donors (Lipinski definition) is 1. The molecule has 1 aromatic heterocycles. The van der Waals surface area contributed by atoms with Crippen LogP contribution in [0.1, 0.15) is 49.4 Å². The summed E-state index contributed by atoms with van der Waals surface area (Å²) in [6.45, 7) is 2.96. The molecular formula is C15H22N2O3. The maximum atomic E-state index is 11.7. The van der Waals surface area contributed by atoms with E-state index < -0.39 is 5.97 Å². The van der Waals surface area contributed by atoms with Gasteiger partial charge in [0.25, 0.3) is 5.91 Å². The lowest BCUT2D eigenvalue weighted by Crippen LogP contribution is -2.43. The molecule has 20 heavy (non-hydrogen) atoms. The van der Waals surface area contributed by atoms with Crippen molar-refractivity contribution in [2.75, 3.05) is 6.54 Å². The SMILES string of the molecule is CCCCCCCNC(=O)C[n+]1cccc(C(=O)[O-])c1. The fraction of sp³-hybridized carbons (Fsp3) is 0.533. The summed E-state index contributed by atoms with van der Waals surface area (Å²) in [7, 11) is 0. The first-order valence-electron chi connectivity index (χ1n) is 7.10. The van der Waals surface area contributed by atoms with E-state index in [1.807, 2.05) is 0 Å². The molecule has 0 unspecified atom stereocenters. The Balaban J connectivity index is 2.28. The lowest BCUT2D eigenvalue weighted by molar-refractivity contribution is -0.684. The molecule has 5 heteroatoms. The molecule has 1 N–H and O–H groups in total. The fourth-order valence-electron chi connectivity index (χ4n) is 1.92. The average molecular weight is 278 g/mol. The Morgan fingerprint density at radius 2 is 2.00 bits per heavy atom. The summed E-state index contributed by atoms with van der Waals surface area (Å²) in [6.07, 6.45) is 8.81. The van der Waals surface area contributed by atoms with Crippen LogP contribution in [0.15, 0.2) is 24.5 Å². The van der Waals surface area contributed by atoms with Gasteiger partial charge < -0.3 is 15.2 Å². The molecule has 0 aliphatic heterocycles. The van der Waals surface area contributed by atoms with Crippen LogP contribution in [0.2, 0.25) is 0 Å². The lowest BCUT2D eigenvalue weighted by Gasteiger charge is -2.04. The van der Waals surface area contributed by atoms with Crippen LogP contribution in [0.4, 0.5) is 0 Å². The number of rotatable bonds is 9. The summed E-state index contributed by atoms with van der Waals surface area (Å²) in [5, 5.41) is 13.5. The van der Waals surface area contributed by atoms with Gasteiger partial charge in [-0.3, -0.25) is 4.79 Å². The molecule has 0 spiro atoms. The van der Waals surface area contributed by atoms with Gasteiger partial charge in [-0.1, -0.05) is 32.6 Å². The van der Waals surface area contributed by atoms with Crippen LogP contribution in [0.5, 0.6) is 0 Å². The van der Waals surface area contributed by atoms with E-state index in [1.165, 1.54) is 36.1 Å². The summed E-state index contributed by atoms with van der Waals surface area (Å²) < 4.78 is 1.54. The van der Waals surface area contributed by atoms with E-state index in [4.69, 9.17) is 0 Å². The molecule has 1 aromatic rings. The molecule has 5 nitrogen and oxygen atoms in total. The van der Waals surface area contributed by atoms with Crippen LogP contribution in [0.25, 0.3) is 0 Å². The number of aromatic nitrogens is 1. The van der Waals surface area contributed by atoms with Crippen molar-refractivity contribution in [1.29, 1.82) is 0 Å². The first-order chi connectivity index (χ1) is 9.63. The van der Waals surface area contributed by atoms with E-state index in [0.29, 0.717) is 6.54 Å². The molecule has 0 aliphatic rings. The second-order valence-electron chi connectivity index (χ2n) is 4.82. The van der Waals surface area contributed by atoms with E-state index in [1.54, 1.807) is 12.3 Å². The molecule has 1 rings (SSSR count). The summed E-state index contributed by atoms with van der Waals surface area (Å²) in [5.74, 6) is -1.35. The van der Waals surface area contributed by atoms with Crippen molar-refractivity contribution in [3.05, 3.63) is 30.1 Å². The predicted molar refractivity (Wildman–Crippen MR) is 72.7 cm³/mol. The van der Waals surface area contributed by atoms with Gasteiger partial charge in [-0.15, -0.1) is 0 Å². The van der Waals surface area contributed by atoms with Gasteiger partial charge >= 0.3 is 0 Å². The van der Waals surface area contributed by atoms with Crippen LogP contribution in [-0.2, 0) is 11.3 Å². The van der Waals surface area contributed by atoms with Gasteiger partial charge in [0.15, 0.2) is 12.4 Å². The molecule has 0 bridgehead atoms. The van der Waals surface area contributed by atoms with Crippen molar-refractivity contribution in [3.63, 3.8) is 0 Å². The maximum Gasteiger partial charge on any atom is 0.285 e. The number of carboxylic acid groups (broad SMARTS) is 1. The smallest absolute Gasteiger partial charge is 0.285 e. The zero-order valence-electron chi connectivity index (χ0n) is 11.9. The topological polar surface area (TPSA) is 73.1 Å². The van der Waals surface area contributed by atoms with Gasteiger partial charge in [0.1, 0.15) is 0 Å². The molecule has 0 aliphatic carbocycles. The molecule has 1 heterocycles. The van der Waals surface area contributed by atoms with Gasteiger partial charge in [0, 0.05) is 12.6 Å². The first kappa shape index (κ1) is 16.1. The Kier molecular flexibility index (Phi) is 7.32. The minimum absolute atomic E-state index is 0.0693. The molecule has 110 valence electrons. The molecular weight excluding hydrogens is 256 g/mol. The quantitative estimate of drug-likeness (QED) is 0.526. The van der Waals surface area contributed by atoms with Crippen LogP contribution in [0.3, 0.4) is 0 Å². The van der Waals surface area contributed by atoms with Crippen LogP contribution in [0, 0.1) is 0 Å². The van der Waals surface area contributed by atoms with E-state index in [2.05, 4.69) is 12.2 Å². The highest BCUT2D eigenvalue weighted by molar-refractivity contribution is 5.84. The van der Waals surface area contributed by atoms with Crippen LogP contribution in [-0.4, -0.2) is 18.4 Å². The highest BCUT2D eigenvalue weighted by Crippen LogP contribution is 2.00. The highest BCUT2D eigenvalue weighted by atomic mass is 16.4. The molecule has 0 saturated heterocycles. The van der Waals surface area contributed by atoms with Gasteiger partial charge in [0.05, 0.1) is 11.5 Å². The fourth-order valence-corrected chi connectivity index (χ4v) is 1.92. The van der Waals surface area contributed by atoms with Crippen molar-refractivity contribution in [2.24, 2.45) is 0 Å². The number of carbonyl (C=O) groups excluding carboxylic acids is 2. The van der Waals surface area contributed by atoms with Crippen LogP contribution < -0.4 is 15.0 Å². The van der Waals surface area contributed by atoms with Crippen molar-refractivity contribution < 1.29 is 19.3 Å². The number of carbonyl (C=O) groups is 2. The first-order valence-corrected chi connectivity index (χ1v) is 7.10. The third kappa shape index (κ3) is 6.31. The van der Waals surface area contributed by atoms with E-state index >= 15 is 0 Å². The highest BCUT2D eigenvalue weighted by Gasteiger charge is 2.09. The Labute approximate surface area is 119 Å². The van der Waals surface area contributed by atoms with Gasteiger partial charge in [-0.25, -0.2) is 0 Å². The average Bonchev–Trinajstić information content (AvgIpc) is 2.43. The molecule has 0 radical (unpaired) electrons. The van der Waals surface area contributed by atoms with Crippen molar-refractivity contribution in [1.82, 2.24) is 5.32 Å². The monoisotopic (exact) mass is 278 g/mol. The van der Waals surface area contributed by atoms with E-state index in [9.17, 15) is 14.7 Å². The Bertz CT molecular complexity index is 446. The zero-order valence-corrected chi connectivity index (χ0v) is 11.9. The molecule has 1 amide bonds. The Hall–Kier alpha value is -1.91. The van der Waals surface area contributed by atoms with Crippen LogP contribution >= 0.6 is 0 Å². The number of nitrogens with one attached hydrogen (secondary N) is 1. The van der Waals surface area contributed by atoms with Crippen molar-refractivity contribution in [3.8, 4) is 0 Å². The van der Waals surface area contributed by atoms with Gasteiger partial charge in [0.2, 0.25) is 6.54 Å². The van der Waals surface area contributed by atoms with E-state index in [-0.39, 0.29) is 18.0 Å². The maximum absolute atomic E-state index is 11.7. The summed E-state index contributed by atoms with van der Waals surface area (Å²) >= 11 is 0. The third-order valence-corrected chi connectivity index (χ3v) is 3.02. The third-order valence-electron chi connectivity index (χ3n) is 3.02. The van der Waals surface area contributed by atoms with Crippen molar-refractivity contribution >= 4 is 11.9 Å². The largest absolute Gasteiger partial charge is 0.545 e. The lowest BCUT2D eigenvalue weighted by atomic mass is 10.1. The molecule has 0 aromatic carbocycles. The number of hydrogen-bond acceptors (Lipinski definition) is 3. The second kappa shape index (κ2) is 9.07. The predicted octanol–water partition coefficient (Wildman–Crippen LogP) is 0.424.